The fraction of sp³-hybridized carbons (Fsp3) is 0.350. The number of nitrogens with one attached hydrogen (secondary N) is 2. The summed E-state index contributed by atoms with van der Waals surface area (Å²) in [4.78, 5) is 22.4. The van der Waals surface area contributed by atoms with Crippen LogP contribution in [0.2, 0.25) is 0 Å². The van der Waals surface area contributed by atoms with Crippen molar-refractivity contribution in [1.29, 1.82) is 0 Å². The molecule has 0 spiro atoms. The van der Waals surface area contributed by atoms with Crippen LogP contribution >= 0.6 is 0 Å². The van der Waals surface area contributed by atoms with Crippen molar-refractivity contribution < 1.29 is 14.5 Å². The third kappa shape index (κ3) is 5.44. The summed E-state index contributed by atoms with van der Waals surface area (Å²) in [5, 5.41) is 17.1. The van der Waals surface area contributed by atoms with E-state index in [1.807, 2.05) is 24.3 Å². The van der Waals surface area contributed by atoms with Crippen LogP contribution in [0.1, 0.15) is 25.7 Å². The normalized spacial score (nSPS) is 13.9. The zero-order chi connectivity index (χ0) is 19.1. The van der Waals surface area contributed by atoms with Gasteiger partial charge in [-0.15, -0.1) is 0 Å². The van der Waals surface area contributed by atoms with E-state index in [-0.39, 0.29) is 24.0 Å². The van der Waals surface area contributed by atoms with E-state index in [1.165, 1.54) is 37.8 Å². The van der Waals surface area contributed by atoms with Crippen molar-refractivity contribution in [2.24, 2.45) is 5.92 Å². The standard InChI is InChI=1S/C20H23N3O4/c24-20(14-27-19-8-4-3-7-18(19)23(25)26)22-17-11-9-16(10-12-17)21-13-15-5-1-2-6-15/h3-4,7-12,15,21H,1-2,5-6,13-14H2,(H,22,24). The van der Waals surface area contributed by atoms with Crippen LogP contribution < -0.4 is 15.4 Å². The van der Waals surface area contributed by atoms with Crippen LogP contribution in [0.25, 0.3) is 0 Å². The molecule has 7 nitrogen and oxygen atoms in total. The predicted octanol–water partition coefficient (Wildman–Crippen LogP) is 4.21. The van der Waals surface area contributed by atoms with Crippen LogP contribution in [0, 0.1) is 16.0 Å². The van der Waals surface area contributed by atoms with Crippen LogP contribution in [0.15, 0.2) is 48.5 Å². The Labute approximate surface area is 157 Å². The van der Waals surface area contributed by atoms with Gasteiger partial charge in [0.2, 0.25) is 0 Å². The lowest BCUT2D eigenvalue weighted by Gasteiger charge is -2.12. The molecule has 0 aromatic heterocycles. The third-order valence-corrected chi connectivity index (χ3v) is 4.66. The van der Waals surface area contributed by atoms with Gasteiger partial charge in [-0.2, -0.15) is 0 Å². The highest BCUT2D eigenvalue weighted by Gasteiger charge is 2.15. The molecule has 2 N–H and O–H groups in total. The van der Waals surface area contributed by atoms with Gasteiger partial charge >= 0.3 is 5.69 Å². The quantitative estimate of drug-likeness (QED) is 0.537. The number of hydrogen-bond acceptors (Lipinski definition) is 5. The number of ether oxygens (including phenoxy) is 1. The zero-order valence-electron chi connectivity index (χ0n) is 15.0. The van der Waals surface area contributed by atoms with Crippen LogP contribution in [0.3, 0.4) is 0 Å². The van der Waals surface area contributed by atoms with E-state index in [2.05, 4.69) is 10.6 Å². The first-order valence-electron chi connectivity index (χ1n) is 9.12. The number of benzene rings is 2. The molecule has 1 saturated carbocycles. The Bertz CT molecular complexity index is 786. The van der Waals surface area contributed by atoms with Crippen molar-refractivity contribution in [2.75, 3.05) is 23.8 Å². The van der Waals surface area contributed by atoms with Gasteiger partial charge in [0, 0.05) is 24.0 Å². The number of nitrogens with zero attached hydrogens (tertiary/aromatic N) is 1. The molecule has 3 rings (SSSR count). The molecule has 7 heteroatoms. The average molecular weight is 369 g/mol. The number of nitro groups is 1. The number of hydrogen-bond donors (Lipinski definition) is 2. The average Bonchev–Trinajstić information content (AvgIpc) is 3.19. The monoisotopic (exact) mass is 369 g/mol. The van der Waals surface area contributed by atoms with Crippen molar-refractivity contribution >= 4 is 23.0 Å². The van der Waals surface area contributed by atoms with E-state index >= 15 is 0 Å². The smallest absolute Gasteiger partial charge is 0.310 e. The van der Waals surface area contributed by atoms with Gasteiger partial charge in [0.25, 0.3) is 5.91 Å². The molecule has 2 aromatic carbocycles. The number of amides is 1. The lowest BCUT2D eigenvalue weighted by Crippen LogP contribution is -2.20. The molecule has 1 aliphatic rings. The van der Waals surface area contributed by atoms with Gasteiger partial charge in [0.1, 0.15) is 0 Å². The molecule has 0 bridgehead atoms. The Balaban J connectivity index is 1.47. The Hall–Kier alpha value is -3.09. The van der Waals surface area contributed by atoms with Crippen molar-refractivity contribution in [1.82, 2.24) is 0 Å². The van der Waals surface area contributed by atoms with Crippen molar-refractivity contribution in [3.8, 4) is 5.75 Å². The molecule has 1 amide bonds. The number of para-hydroxylation sites is 2. The fourth-order valence-electron chi connectivity index (χ4n) is 3.22. The second-order valence-corrected chi connectivity index (χ2v) is 6.67. The molecule has 0 heterocycles. The largest absolute Gasteiger partial charge is 0.477 e. The van der Waals surface area contributed by atoms with Crippen LogP contribution in [-0.2, 0) is 4.79 Å². The zero-order valence-corrected chi connectivity index (χ0v) is 15.0. The molecule has 1 aliphatic carbocycles. The molecular formula is C20H23N3O4. The third-order valence-electron chi connectivity index (χ3n) is 4.66. The Morgan fingerprint density at radius 3 is 2.44 bits per heavy atom. The molecule has 142 valence electrons. The first-order chi connectivity index (χ1) is 13.1. The van der Waals surface area contributed by atoms with Gasteiger partial charge in [-0.1, -0.05) is 25.0 Å². The molecule has 0 aliphatic heterocycles. The summed E-state index contributed by atoms with van der Waals surface area (Å²) in [6, 6.07) is 13.5. The van der Waals surface area contributed by atoms with Crippen LogP contribution in [0.4, 0.5) is 17.1 Å². The highest BCUT2D eigenvalue weighted by atomic mass is 16.6. The van der Waals surface area contributed by atoms with Crippen molar-refractivity contribution in [3.63, 3.8) is 0 Å². The van der Waals surface area contributed by atoms with E-state index in [1.54, 1.807) is 12.1 Å². The number of rotatable bonds is 8. The first-order valence-corrected chi connectivity index (χ1v) is 9.12. The summed E-state index contributed by atoms with van der Waals surface area (Å²) in [5.41, 5.74) is 1.51. The van der Waals surface area contributed by atoms with Crippen molar-refractivity contribution in [3.05, 3.63) is 58.6 Å². The fourth-order valence-corrected chi connectivity index (χ4v) is 3.22. The molecule has 0 radical (unpaired) electrons. The molecule has 0 unspecified atom stereocenters. The maximum absolute atomic E-state index is 12.0. The van der Waals surface area contributed by atoms with E-state index in [0.29, 0.717) is 5.69 Å². The van der Waals surface area contributed by atoms with Crippen LogP contribution in [0.5, 0.6) is 5.75 Å². The molecule has 0 atom stereocenters. The summed E-state index contributed by atoms with van der Waals surface area (Å²) in [6.45, 7) is 0.682. The SMILES string of the molecule is O=C(COc1ccccc1[N+](=O)[O-])Nc1ccc(NCC2CCCC2)cc1. The molecule has 0 saturated heterocycles. The molecular weight excluding hydrogens is 346 g/mol. The highest BCUT2D eigenvalue weighted by molar-refractivity contribution is 5.92. The predicted molar refractivity (Wildman–Crippen MR) is 104 cm³/mol. The van der Waals surface area contributed by atoms with Gasteiger partial charge in [-0.05, 0) is 49.1 Å². The first kappa shape index (κ1) is 18.7. The van der Waals surface area contributed by atoms with Gasteiger partial charge in [-0.25, -0.2) is 0 Å². The van der Waals surface area contributed by atoms with Gasteiger partial charge in [0.05, 0.1) is 4.92 Å². The maximum Gasteiger partial charge on any atom is 0.310 e. The number of carbonyl (C=O) groups is 1. The van der Waals surface area contributed by atoms with Crippen molar-refractivity contribution in [2.45, 2.75) is 25.7 Å². The Morgan fingerprint density at radius 2 is 1.74 bits per heavy atom. The molecule has 1 fully saturated rings. The summed E-state index contributed by atoms with van der Waals surface area (Å²) >= 11 is 0. The number of nitro benzene ring substituents is 1. The second kappa shape index (κ2) is 9.02. The topological polar surface area (TPSA) is 93.5 Å². The molecule has 27 heavy (non-hydrogen) atoms. The Morgan fingerprint density at radius 1 is 1.07 bits per heavy atom. The summed E-state index contributed by atoms with van der Waals surface area (Å²) in [5.74, 6) is 0.451. The van der Waals surface area contributed by atoms with E-state index in [4.69, 9.17) is 4.74 Å². The lowest BCUT2D eigenvalue weighted by atomic mass is 10.1. The minimum atomic E-state index is -0.537. The van der Waals surface area contributed by atoms with Gasteiger partial charge in [-0.3, -0.25) is 14.9 Å². The van der Waals surface area contributed by atoms with Crippen LogP contribution in [-0.4, -0.2) is 24.0 Å². The summed E-state index contributed by atoms with van der Waals surface area (Å²) in [7, 11) is 0. The lowest BCUT2D eigenvalue weighted by molar-refractivity contribution is -0.385. The maximum atomic E-state index is 12.0. The number of anilines is 2. The summed E-state index contributed by atoms with van der Waals surface area (Å²) in [6.07, 6.45) is 5.23. The van der Waals surface area contributed by atoms with E-state index in [0.717, 1.165) is 18.2 Å². The van der Waals surface area contributed by atoms with Gasteiger partial charge < -0.3 is 15.4 Å². The van der Waals surface area contributed by atoms with Gasteiger partial charge in [0.15, 0.2) is 12.4 Å². The number of carbonyl (C=O) groups excluding carboxylic acids is 1. The summed E-state index contributed by atoms with van der Waals surface area (Å²) < 4.78 is 5.29. The molecule has 2 aromatic rings. The Kier molecular flexibility index (Phi) is 6.25. The van der Waals surface area contributed by atoms with E-state index in [9.17, 15) is 14.9 Å². The second-order valence-electron chi connectivity index (χ2n) is 6.67. The highest BCUT2D eigenvalue weighted by Crippen LogP contribution is 2.26. The van der Waals surface area contributed by atoms with E-state index < -0.39 is 4.92 Å². The minimum Gasteiger partial charge on any atom is -0.477 e. The minimum absolute atomic E-state index is 0.0733.